The van der Waals surface area contributed by atoms with Crippen LogP contribution in [0.3, 0.4) is 0 Å². The fraction of sp³-hybridized carbons (Fsp3) is 0.167. The van der Waals surface area contributed by atoms with Gasteiger partial charge in [-0.05, 0) is 30.2 Å². The number of aliphatic carboxylic acids is 1. The number of nitrogens with one attached hydrogen (secondary N) is 2. The molecule has 23 heavy (non-hydrogen) atoms. The minimum absolute atomic E-state index is 0. The number of benzene rings is 2. The molecule has 112 valence electrons. The predicted octanol–water partition coefficient (Wildman–Crippen LogP) is -0.747. The zero-order chi connectivity index (χ0) is 15.5. The molecular formula is C18H17N2NaO2. The molecule has 0 fully saturated rings. The third-order valence-corrected chi connectivity index (χ3v) is 3.86. The second-order valence-electron chi connectivity index (χ2n) is 5.39. The van der Waals surface area contributed by atoms with E-state index in [0.717, 1.165) is 27.7 Å². The van der Waals surface area contributed by atoms with Gasteiger partial charge in [0.15, 0.2) is 0 Å². The molecule has 1 atom stereocenters. The molecule has 2 N–H and O–H groups in total. The first kappa shape index (κ1) is 17.6. The molecule has 5 heteroatoms. The van der Waals surface area contributed by atoms with E-state index in [-0.39, 0.29) is 29.6 Å². The molecule has 0 saturated heterocycles. The summed E-state index contributed by atoms with van der Waals surface area (Å²) in [6.45, 7) is 1.94. The van der Waals surface area contributed by atoms with E-state index in [1.54, 1.807) is 0 Å². The molecule has 3 rings (SSSR count). The number of carboxylic acid groups (broad SMARTS) is 1. The number of carboxylic acids is 1. The number of hydrogen-bond donors (Lipinski definition) is 2. The molecule has 0 radical (unpaired) electrons. The van der Waals surface area contributed by atoms with Crippen molar-refractivity contribution in [3.05, 3.63) is 65.9 Å². The number of fused-ring (bicyclic) bond motifs is 1. The minimum atomic E-state index is -1.10. The van der Waals surface area contributed by atoms with Gasteiger partial charge < -0.3 is 20.2 Å². The fourth-order valence-corrected chi connectivity index (χ4v) is 2.64. The van der Waals surface area contributed by atoms with Crippen molar-refractivity contribution in [2.45, 2.75) is 19.4 Å². The van der Waals surface area contributed by atoms with E-state index in [4.69, 9.17) is 0 Å². The quantitative estimate of drug-likeness (QED) is 0.609. The SMILES string of the molecule is Cc1ccccc1N[C@@H](Cc1c[nH]c2ccccc12)C(=O)[O-].[Na+]. The van der Waals surface area contributed by atoms with Crippen molar-refractivity contribution in [1.29, 1.82) is 0 Å². The average Bonchev–Trinajstić information content (AvgIpc) is 2.92. The second kappa shape index (κ2) is 7.68. The number of hydrogen-bond acceptors (Lipinski definition) is 3. The van der Waals surface area contributed by atoms with Crippen molar-refractivity contribution in [2.24, 2.45) is 0 Å². The summed E-state index contributed by atoms with van der Waals surface area (Å²) in [5.41, 5.74) is 3.79. The van der Waals surface area contributed by atoms with Crippen molar-refractivity contribution in [3.63, 3.8) is 0 Å². The molecule has 2 aromatic carbocycles. The van der Waals surface area contributed by atoms with Gasteiger partial charge in [-0.2, -0.15) is 0 Å². The Morgan fingerprint density at radius 3 is 2.61 bits per heavy atom. The van der Waals surface area contributed by atoms with Crippen molar-refractivity contribution in [1.82, 2.24) is 4.98 Å². The van der Waals surface area contributed by atoms with Crippen molar-refractivity contribution in [3.8, 4) is 0 Å². The number of H-pyrrole nitrogens is 1. The standard InChI is InChI=1S/C18H18N2O2.Na/c1-12-6-2-4-8-15(12)20-17(18(21)22)10-13-11-19-16-9-5-3-7-14(13)16;/h2-9,11,17,19-20H,10H2,1H3,(H,21,22);/q;+1/p-1/t17-;/m0./s1. The van der Waals surface area contributed by atoms with E-state index in [0.29, 0.717) is 6.42 Å². The van der Waals surface area contributed by atoms with Crippen LogP contribution in [-0.2, 0) is 11.2 Å². The van der Waals surface area contributed by atoms with Crippen LogP contribution >= 0.6 is 0 Å². The molecule has 0 saturated carbocycles. The Bertz CT molecular complexity index is 813. The van der Waals surface area contributed by atoms with Crippen molar-refractivity contribution in [2.75, 3.05) is 5.32 Å². The number of anilines is 1. The molecule has 0 bridgehead atoms. The Kier molecular flexibility index (Phi) is 5.88. The van der Waals surface area contributed by atoms with Crippen molar-refractivity contribution < 1.29 is 39.5 Å². The molecule has 0 amide bonds. The number of aromatic amines is 1. The Labute approximate surface area is 157 Å². The molecule has 1 aromatic heterocycles. The van der Waals surface area contributed by atoms with Crippen LogP contribution in [0.1, 0.15) is 11.1 Å². The summed E-state index contributed by atoms with van der Waals surface area (Å²) >= 11 is 0. The average molecular weight is 316 g/mol. The third kappa shape index (κ3) is 3.96. The Hall–Kier alpha value is -1.75. The maximum Gasteiger partial charge on any atom is 1.00 e. The first-order valence-corrected chi connectivity index (χ1v) is 7.23. The second-order valence-corrected chi connectivity index (χ2v) is 5.39. The summed E-state index contributed by atoms with van der Waals surface area (Å²) in [5, 5.41) is 15.6. The van der Waals surface area contributed by atoms with Gasteiger partial charge in [-0.3, -0.25) is 0 Å². The van der Waals surface area contributed by atoms with Crippen LogP contribution in [0, 0.1) is 6.92 Å². The van der Waals surface area contributed by atoms with E-state index in [2.05, 4.69) is 10.3 Å². The zero-order valence-corrected chi connectivity index (χ0v) is 15.3. The molecule has 4 nitrogen and oxygen atoms in total. The van der Waals surface area contributed by atoms with Gasteiger partial charge in [0.1, 0.15) is 0 Å². The monoisotopic (exact) mass is 316 g/mol. The first-order valence-electron chi connectivity index (χ1n) is 7.23. The summed E-state index contributed by atoms with van der Waals surface area (Å²) < 4.78 is 0. The van der Waals surface area contributed by atoms with E-state index in [9.17, 15) is 9.90 Å². The topological polar surface area (TPSA) is 68.0 Å². The first-order chi connectivity index (χ1) is 10.6. The number of carbonyl (C=O) groups excluding carboxylic acids is 1. The normalized spacial score (nSPS) is 11.7. The maximum atomic E-state index is 11.5. The number of aryl methyl sites for hydroxylation is 1. The number of carbonyl (C=O) groups is 1. The van der Waals surface area contributed by atoms with Crippen LogP contribution < -0.4 is 40.0 Å². The number of para-hydroxylation sites is 2. The summed E-state index contributed by atoms with van der Waals surface area (Å²) in [5.74, 6) is -1.10. The largest absolute Gasteiger partial charge is 1.00 e. The van der Waals surface area contributed by atoms with Gasteiger partial charge in [0.05, 0.1) is 12.0 Å². The van der Waals surface area contributed by atoms with Gasteiger partial charge in [-0.1, -0.05) is 36.4 Å². The van der Waals surface area contributed by atoms with Crippen molar-refractivity contribution >= 4 is 22.6 Å². The van der Waals surface area contributed by atoms with E-state index in [1.807, 2.05) is 61.7 Å². The smallest absolute Gasteiger partial charge is 0.548 e. The Morgan fingerprint density at radius 1 is 1.17 bits per heavy atom. The Morgan fingerprint density at radius 2 is 1.87 bits per heavy atom. The number of aromatic nitrogens is 1. The van der Waals surface area contributed by atoms with Gasteiger partial charge in [-0.25, -0.2) is 0 Å². The van der Waals surface area contributed by atoms with E-state index in [1.165, 1.54) is 0 Å². The molecule has 3 aromatic rings. The van der Waals surface area contributed by atoms with Gasteiger partial charge in [0, 0.05) is 29.2 Å². The summed E-state index contributed by atoms with van der Waals surface area (Å²) in [4.78, 5) is 14.7. The van der Waals surface area contributed by atoms with Crippen LogP contribution in [0.15, 0.2) is 54.7 Å². The summed E-state index contributed by atoms with van der Waals surface area (Å²) in [6, 6.07) is 14.7. The molecule has 0 spiro atoms. The summed E-state index contributed by atoms with van der Waals surface area (Å²) in [6.07, 6.45) is 2.22. The molecule has 0 unspecified atom stereocenters. The van der Waals surface area contributed by atoms with Gasteiger partial charge >= 0.3 is 29.6 Å². The molecular weight excluding hydrogens is 299 g/mol. The van der Waals surface area contributed by atoms with Crippen LogP contribution in [0.25, 0.3) is 10.9 Å². The van der Waals surface area contributed by atoms with Gasteiger partial charge in [-0.15, -0.1) is 0 Å². The van der Waals surface area contributed by atoms with Crippen LogP contribution in [0.4, 0.5) is 5.69 Å². The van der Waals surface area contributed by atoms with Crippen LogP contribution in [0.2, 0.25) is 0 Å². The molecule has 0 aliphatic rings. The molecule has 1 heterocycles. The van der Waals surface area contributed by atoms with Gasteiger partial charge in [0.25, 0.3) is 0 Å². The molecule has 0 aliphatic heterocycles. The van der Waals surface area contributed by atoms with E-state index >= 15 is 0 Å². The zero-order valence-electron chi connectivity index (χ0n) is 13.3. The van der Waals surface area contributed by atoms with E-state index < -0.39 is 12.0 Å². The maximum absolute atomic E-state index is 11.5. The van der Waals surface area contributed by atoms with Crippen LogP contribution in [0.5, 0.6) is 0 Å². The number of rotatable bonds is 5. The minimum Gasteiger partial charge on any atom is -0.548 e. The summed E-state index contributed by atoms with van der Waals surface area (Å²) in [7, 11) is 0. The van der Waals surface area contributed by atoms with Crippen LogP contribution in [-0.4, -0.2) is 17.0 Å². The third-order valence-electron chi connectivity index (χ3n) is 3.86. The predicted molar refractivity (Wildman–Crippen MR) is 85.6 cm³/mol. The van der Waals surface area contributed by atoms with Gasteiger partial charge in [0.2, 0.25) is 0 Å². The Balaban J connectivity index is 0.00000192. The molecule has 0 aliphatic carbocycles. The fourth-order valence-electron chi connectivity index (χ4n) is 2.64.